The zero-order chi connectivity index (χ0) is 11.5. The number of nitrogens with two attached hydrogens (primary N) is 1. The molecule has 2 rings (SSSR count). The van der Waals surface area contributed by atoms with Crippen LogP contribution in [0.4, 0.5) is 0 Å². The molecule has 2 N–H and O–H groups in total. The van der Waals surface area contributed by atoms with Gasteiger partial charge in [0.15, 0.2) is 0 Å². The van der Waals surface area contributed by atoms with Crippen molar-refractivity contribution < 1.29 is 4.42 Å². The first-order chi connectivity index (χ1) is 7.72. The van der Waals surface area contributed by atoms with Crippen LogP contribution in [-0.4, -0.2) is 15.2 Å². The summed E-state index contributed by atoms with van der Waals surface area (Å²) in [7, 11) is 0. The Morgan fingerprint density at radius 2 is 2.31 bits per heavy atom. The van der Waals surface area contributed by atoms with Gasteiger partial charge < -0.3 is 10.2 Å². The fraction of sp³-hybridized carbons (Fsp3) is 0.300. The maximum atomic E-state index is 5.96. The van der Waals surface area contributed by atoms with Crippen molar-refractivity contribution >= 4 is 11.6 Å². The van der Waals surface area contributed by atoms with Crippen LogP contribution in [0.3, 0.4) is 0 Å². The molecule has 2 heterocycles. The molecular weight excluding hydrogens is 228 g/mol. The molecule has 0 aliphatic heterocycles. The highest BCUT2D eigenvalue weighted by Gasteiger charge is 2.15. The molecular formula is C10H11ClN4O. The lowest BCUT2D eigenvalue weighted by Gasteiger charge is -2.00. The molecule has 0 saturated heterocycles. The van der Waals surface area contributed by atoms with E-state index >= 15 is 0 Å². The normalized spacial score (nSPS) is 12.7. The third-order valence-corrected chi connectivity index (χ3v) is 2.50. The lowest BCUT2D eigenvalue weighted by Crippen LogP contribution is -2.08. The summed E-state index contributed by atoms with van der Waals surface area (Å²) < 4.78 is 5.44. The molecule has 1 unspecified atom stereocenters. The average molecular weight is 239 g/mol. The summed E-state index contributed by atoms with van der Waals surface area (Å²) >= 11 is 5.96. The molecule has 0 fully saturated rings. The summed E-state index contributed by atoms with van der Waals surface area (Å²) in [5.41, 5.74) is 6.45. The minimum absolute atomic E-state index is 0.234. The third-order valence-electron chi connectivity index (χ3n) is 2.20. The Hall–Kier alpha value is -1.46. The third kappa shape index (κ3) is 2.05. The van der Waals surface area contributed by atoms with Crippen LogP contribution in [0, 0.1) is 0 Å². The van der Waals surface area contributed by atoms with E-state index in [-0.39, 0.29) is 6.04 Å². The minimum Gasteiger partial charge on any atom is -0.419 e. The van der Waals surface area contributed by atoms with E-state index in [9.17, 15) is 0 Å². The Bertz CT molecular complexity index is 485. The van der Waals surface area contributed by atoms with E-state index in [1.165, 1.54) is 6.20 Å². The van der Waals surface area contributed by atoms with Crippen molar-refractivity contribution in [2.24, 2.45) is 5.73 Å². The minimum atomic E-state index is -0.234. The zero-order valence-electron chi connectivity index (χ0n) is 8.72. The van der Waals surface area contributed by atoms with Gasteiger partial charge in [-0.05, 0) is 12.5 Å². The van der Waals surface area contributed by atoms with Gasteiger partial charge in [-0.3, -0.25) is 4.98 Å². The second-order valence-electron chi connectivity index (χ2n) is 3.32. The molecule has 2 aromatic heterocycles. The molecule has 2 aromatic rings. The van der Waals surface area contributed by atoms with E-state index in [4.69, 9.17) is 21.8 Å². The van der Waals surface area contributed by atoms with Crippen LogP contribution in [0.25, 0.3) is 11.5 Å². The van der Waals surface area contributed by atoms with Crippen LogP contribution in [0.15, 0.2) is 22.9 Å². The predicted octanol–water partition coefficient (Wildman–Crippen LogP) is 2.19. The highest BCUT2D eigenvalue weighted by Crippen LogP contribution is 2.26. The van der Waals surface area contributed by atoms with E-state index < -0.39 is 0 Å². The lowest BCUT2D eigenvalue weighted by atomic mass is 10.2. The predicted molar refractivity (Wildman–Crippen MR) is 59.8 cm³/mol. The standard InChI is InChI=1S/C10H11ClN4O/c1-2-8(12)10-15-14-9(16-10)6-3-4-13-5-7(6)11/h3-5,8H,2,12H2,1H3. The van der Waals surface area contributed by atoms with E-state index in [0.29, 0.717) is 22.4 Å². The van der Waals surface area contributed by atoms with Gasteiger partial charge >= 0.3 is 0 Å². The molecule has 0 spiro atoms. The first-order valence-electron chi connectivity index (χ1n) is 4.91. The first kappa shape index (κ1) is 11.0. The highest BCUT2D eigenvalue weighted by molar-refractivity contribution is 6.32. The number of pyridine rings is 1. The summed E-state index contributed by atoms with van der Waals surface area (Å²) in [6.45, 7) is 1.95. The molecule has 84 valence electrons. The summed E-state index contributed by atoms with van der Waals surface area (Å²) in [4.78, 5) is 3.88. The number of rotatable bonds is 3. The number of aromatic nitrogens is 3. The first-order valence-corrected chi connectivity index (χ1v) is 5.29. The molecule has 0 aliphatic rings. The van der Waals surface area contributed by atoms with Crippen LogP contribution in [0.5, 0.6) is 0 Å². The molecule has 5 nitrogen and oxygen atoms in total. The summed E-state index contributed by atoms with van der Waals surface area (Å²) in [5.74, 6) is 0.789. The second-order valence-corrected chi connectivity index (χ2v) is 3.72. The molecule has 16 heavy (non-hydrogen) atoms. The second kappa shape index (κ2) is 4.59. The summed E-state index contributed by atoms with van der Waals surface area (Å²) in [6, 6.07) is 1.48. The van der Waals surface area contributed by atoms with E-state index in [1.54, 1.807) is 12.3 Å². The largest absolute Gasteiger partial charge is 0.419 e. The highest BCUT2D eigenvalue weighted by atomic mass is 35.5. The van der Waals surface area contributed by atoms with Crippen molar-refractivity contribution in [1.29, 1.82) is 0 Å². The van der Waals surface area contributed by atoms with Gasteiger partial charge in [0.1, 0.15) is 0 Å². The van der Waals surface area contributed by atoms with Gasteiger partial charge in [0, 0.05) is 12.4 Å². The Morgan fingerprint density at radius 3 is 3.00 bits per heavy atom. The quantitative estimate of drug-likeness (QED) is 0.887. The van der Waals surface area contributed by atoms with Crippen LogP contribution >= 0.6 is 11.6 Å². The van der Waals surface area contributed by atoms with Crippen LogP contribution in [0.1, 0.15) is 25.3 Å². The number of hydrogen-bond acceptors (Lipinski definition) is 5. The molecule has 0 saturated carbocycles. The maximum absolute atomic E-state index is 5.96. The number of halogens is 1. The summed E-state index contributed by atoms with van der Waals surface area (Å²) in [6.07, 6.45) is 3.89. The molecule has 0 bridgehead atoms. The monoisotopic (exact) mass is 238 g/mol. The van der Waals surface area contributed by atoms with E-state index in [1.807, 2.05) is 6.92 Å². The van der Waals surface area contributed by atoms with E-state index in [2.05, 4.69) is 15.2 Å². The van der Waals surface area contributed by atoms with Gasteiger partial charge in [0.25, 0.3) is 0 Å². The Labute approximate surface area is 97.6 Å². The molecule has 0 aromatic carbocycles. The van der Waals surface area contributed by atoms with Crippen LogP contribution < -0.4 is 5.73 Å². The van der Waals surface area contributed by atoms with Gasteiger partial charge in [0.05, 0.1) is 16.6 Å². The van der Waals surface area contributed by atoms with Crippen LogP contribution in [0.2, 0.25) is 5.02 Å². The fourth-order valence-electron chi connectivity index (χ4n) is 1.22. The molecule has 0 radical (unpaired) electrons. The lowest BCUT2D eigenvalue weighted by molar-refractivity contribution is 0.452. The molecule has 0 aliphatic carbocycles. The summed E-state index contributed by atoms with van der Waals surface area (Å²) in [5, 5.41) is 8.27. The van der Waals surface area contributed by atoms with Gasteiger partial charge in [-0.15, -0.1) is 10.2 Å². The van der Waals surface area contributed by atoms with E-state index in [0.717, 1.165) is 6.42 Å². The SMILES string of the molecule is CCC(N)c1nnc(-c2ccncc2Cl)o1. The topological polar surface area (TPSA) is 77.8 Å². The van der Waals surface area contributed by atoms with Crippen molar-refractivity contribution in [3.63, 3.8) is 0 Å². The van der Waals surface area contributed by atoms with Crippen molar-refractivity contribution in [3.8, 4) is 11.5 Å². The smallest absolute Gasteiger partial charge is 0.249 e. The van der Waals surface area contributed by atoms with Gasteiger partial charge in [-0.2, -0.15) is 0 Å². The van der Waals surface area contributed by atoms with Crippen LogP contribution in [-0.2, 0) is 0 Å². The van der Waals surface area contributed by atoms with Gasteiger partial charge in [-0.1, -0.05) is 18.5 Å². The Morgan fingerprint density at radius 1 is 1.50 bits per heavy atom. The fourth-order valence-corrected chi connectivity index (χ4v) is 1.42. The molecule has 0 amide bonds. The average Bonchev–Trinajstić information content (AvgIpc) is 2.78. The van der Waals surface area contributed by atoms with Crippen molar-refractivity contribution in [2.75, 3.05) is 0 Å². The number of nitrogens with zero attached hydrogens (tertiary/aromatic N) is 3. The molecule has 1 atom stereocenters. The van der Waals surface area contributed by atoms with Gasteiger partial charge in [0.2, 0.25) is 11.8 Å². The van der Waals surface area contributed by atoms with Crippen molar-refractivity contribution in [3.05, 3.63) is 29.4 Å². The van der Waals surface area contributed by atoms with Gasteiger partial charge in [-0.25, -0.2) is 0 Å². The Balaban J connectivity index is 2.35. The Kier molecular flexibility index (Phi) is 3.17. The van der Waals surface area contributed by atoms with Crippen molar-refractivity contribution in [1.82, 2.24) is 15.2 Å². The van der Waals surface area contributed by atoms with Crippen molar-refractivity contribution in [2.45, 2.75) is 19.4 Å². The number of hydrogen-bond donors (Lipinski definition) is 1. The zero-order valence-corrected chi connectivity index (χ0v) is 9.48. The molecule has 6 heteroatoms. The maximum Gasteiger partial charge on any atom is 0.249 e.